The number of amides is 1. The van der Waals surface area contributed by atoms with Gasteiger partial charge in [-0.25, -0.2) is 0 Å². The molecule has 0 atom stereocenters. The average Bonchev–Trinajstić information content (AvgIpc) is 2.42. The van der Waals surface area contributed by atoms with Crippen LogP contribution in [-0.4, -0.2) is 10.9 Å². The van der Waals surface area contributed by atoms with Crippen LogP contribution in [0.5, 0.6) is 0 Å². The number of hydrogen-bond donors (Lipinski definition) is 3. The van der Waals surface area contributed by atoms with Crippen molar-refractivity contribution in [3.05, 3.63) is 49.6 Å². The van der Waals surface area contributed by atoms with Gasteiger partial charge in [-0.2, -0.15) is 0 Å². The van der Waals surface area contributed by atoms with Gasteiger partial charge in [-0.1, -0.05) is 15.9 Å². The SMILES string of the molecule is NNc1ccnc(C(=O)Nc2c(Br)cc(Br)cc2Br)c1. The highest BCUT2D eigenvalue weighted by Crippen LogP contribution is 2.34. The third kappa shape index (κ3) is 3.57. The molecule has 1 aromatic carbocycles. The number of hydrogen-bond acceptors (Lipinski definition) is 4. The number of benzene rings is 1. The van der Waals surface area contributed by atoms with E-state index in [4.69, 9.17) is 5.84 Å². The zero-order valence-electron chi connectivity index (χ0n) is 9.95. The van der Waals surface area contributed by atoms with Crippen molar-refractivity contribution in [2.24, 2.45) is 5.84 Å². The van der Waals surface area contributed by atoms with E-state index in [0.29, 0.717) is 11.4 Å². The van der Waals surface area contributed by atoms with Gasteiger partial charge in [0.25, 0.3) is 5.91 Å². The molecular weight excluding hydrogens is 456 g/mol. The second-order valence-corrected chi connectivity index (χ2v) is 6.40. The van der Waals surface area contributed by atoms with Crippen molar-refractivity contribution >= 4 is 65.1 Å². The summed E-state index contributed by atoms with van der Waals surface area (Å²) in [6.07, 6.45) is 1.51. The number of nitrogens with zero attached hydrogens (tertiary/aromatic N) is 1. The Morgan fingerprint density at radius 3 is 2.40 bits per heavy atom. The molecule has 2 aromatic rings. The van der Waals surface area contributed by atoms with E-state index in [9.17, 15) is 4.79 Å². The Morgan fingerprint density at radius 2 is 1.80 bits per heavy atom. The van der Waals surface area contributed by atoms with Gasteiger partial charge in [0.2, 0.25) is 0 Å². The van der Waals surface area contributed by atoms with Gasteiger partial charge in [-0.3, -0.25) is 15.6 Å². The van der Waals surface area contributed by atoms with E-state index >= 15 is 0 Å². The summed E-state index contributed by atoms with van der Waals surface area (Å²) in [6.45, 7) is 0. The lowest BCUT2D eigenvalue weighted by Crippen LogP contribution is -2.15. The molecule has 8 heteroatoms. The molecule has 0 unspecified atom stereocenters. The molecule has 1 amide bonds. The molecule has 0 saturated carbocycles. The molecule has 1 aromatic heterocycles. The summed E-state index contributed by atoms with van der Waals surface area (Å²) in [7, 11) is 0. The van der Waals surface area contributed by atoms with Crippen LogP contribution in [0, 0.1) is 0 Å². The van der Waals surface area contributed by atoms with Crippen LogP contribution in [0.2, 0.25) is 0 Å². The van der Waals surface area contributed by atoms with E-state index in [1.54, 1.807) is 12.1 Å². The first kappa shape index (κ1) is 15.4. The number of rotatable bonds is 3. The lowest BCUT2D eigenvalue weighted by molar-refractivity contribution is 0.102. The molecule has 5 nitrogen and oxygen atoms in total. The largest absolute Gasteiger partial charge is 0.324 e. The number of anilines is 2. The van der Waals surface area contributed by atoms with Gasteiger partial charge in [0.05, 0.1) is 11.4 Å². The van der Waals surface area contributed by atoms with Crippen molar-refractivity contribution in [3.63, 3.8) is 0 Å². The van der Waals surface area contributed by atoms with Crippen LogP contribution < -0.4 is 16.6 Å². The summed E-state index contributed by atoms with van der Waals surface area (Å²) >= 11 is 10.2. The molecule has 0 bridgehead atoms. The predicted octanol–water partition coefficient (Wildman–Crippen LogP) is 3.91. The Hall–Kier alpha value is -0.960. The van der Waals surface area contributed by atoms with Gasteiger partial charge in [0.1, 0.15) is 5.69 Å². The van der Waals surface area contributed by atoms with Crippen LogP contribution in [-0.2, 0) is 0 Å². The maximum absolute atomic E-state index is 12.2. The lowest BCUT2D eigenvalue weighted by Gasteiger charge is -2.10. The second kappa shape index (κ2) is 6.66. The summed E-state index contributed by atoms with van der Waals surface area (Å²) in [5, 5.41) is 2.79. The molecule has 0 aliphatic rings. The van der Waals surface area contributed by atoms with Gasteiger partial charge < -0.3 is 10.7 Å². The van der Waals surface area contributed by atoms with Gasteiger partial charge in [-0.05, 0) is 56.1 Å². The van der Waals surface area contributed by atoms with Gasteiger partial charge in [0.15, 0.2) is 0 Å². The van der Waals surface area contributed by atoms with Crippen LogP contribution in [0.3, 0.4) is 0 Å². The van der Waals surface area contributed by atoms with Crippen molar-refractivity contribution in [3.8, 4) is 0 Å². The average molecular weight is 465 g/mol. The Bertz CT molecular complexity index is 640. The van der Waals surface area contributed by atoms with Crippen molar-refractivity contribution in [1.29, 1.82) is 0 Å². The number of halogens is 3. The van der Waals surface area contributed by atoms with Crippen LogP contribution in [0.25, 0.3) is 0 Å². The number of hydrazine groups is 1. The molecule has 0 spiro atoms. The van der Waals surface area contributed by atoms with Gasteiger partial charge >= 0.3 is 0 Å². The first-order chi connectivity index (χ1) is 9.51. The summed E-state index contributed by atoms with van der Waals surface area (Å²) in [5.74, 6) is 4.98. The van der Waals surface area contributed by atoms with E-state index in [1.165, 1.54) is 6.20 Å². The number of nitrogens with two attached hydrogens (primary N) is 1. The fraction of sp³-hybridized carbons (Fsp3) is 0. The summed E-state index contributed by atoms with van der Waals surface area (Å²) in [4.78, 5) is 16.2. The molecule has 4 N–H and O–H groups in total. The number of carbonyl (C=O) groups is 1. The monoisotopic (exact) mass is 462 g/mol. The Balaban J connectivity index is 2.28. The smallest absolute Gasteiger partial charge is 0.274 e. The van der Waals surface area contributed by atoms with E-state index in [0.717, 1.165) is 13.4 Å². The molecule has 0 radical (unpaired) electrons. The summed E-state index contributed by atoms with van der Waals surface area (Å²) in [6, 6.07) is 6.91. The Morgan fingerprint density at radius 1 is 1.15 bits per heavy atom. The van der Waals surface area contributed by atoms with Crippen molar-refractivity contribution in [2.75, 3.05) is 10.7 Å². The predicted molar refractivity (Wildman–Crippen MR) is 89.5 cm³/mol. The van der Waals surface area contributed by atoms with Crippen LogP contribution in [0.1, 0.15) is 10.5 Å². The van der Waals surface area contributed by atoms with Gasteiger partial charge in [0, 0.05) is 19.6 Å². The van der Waals surface area contributed by atoms with Crippen molar-refractivity contribution < 1.29 is 4.79 Å². The third-order valence-corrected chi connectivity index (χ3v) is 4.11. The zero-order chi connectivity index (χ0) is 14.7. The van der Waals surface area contributed by atoms with Crippen LogP contribution in [0.4, 0.5) is 11.4 Å². The highest BCUT2D eigenvalue weighted by atomic mass is 79.9. The minimum atomic E-state index is -0.328. The van der Waals surface area contributed by atoms with Crippen molar-refractivity contribution in [1.82, 2.24) is 4.98 Å². The van der Waals surface area contributed by atoms with E-state index in [2.05, 4.69) is 63.5 Å². The molecule has 0 aliphatic carbocycles. The highest BCUT2D eigenvalue weighted by Gasteiger charge is 2.13. The van der Waals surface area contributed by atoms with Gasteiger partial charge in [-0.15, -0.1) is 0 Å². The minimum Gasteiger partial charge on any atom is -0.324 e. The first-order valence-electron chi connectivity index (χ1n) is 5.40. The highest BCUT2D eigenvalue weighted by molar-refractivity contribution is 9.11. The van der Waals surface area contributed by atoms with E-state index in [-0.39, 0.29) is 11.6 Å². The summed E-state index contributed by atoms with van der Waals surface area (Å²) < 4.78 is 2.39. The first-order valence-corrected chi connectivity index (χ1v) is 7.77. The topological polar surface area (TPSA) is 80.0 Å². The fourth-order valence-electron chi connectivity index (χ4n) is 1.48. The minimum absolute atomic E-state index is 0.266. The van der Waals surface area contributed by atoms with E-state index < -0.39 is 0 Å². The molecule has 0 fully saturated rings. The Kier molecular flexibility index (Phi) is 5.14. The quantitative estimate of drug-likeness (QED) is 0.475. The Labute approximate surface area is 140 Å². The number of pyridine rings is 1. The number of carbonyl (C=O) groups excluding carboxylic acids is 1. The molecule has 104 valence electrons. The molecule has 1 heterocycles. The fourth-order valence-corrected chi connectivity index (χ4v) is 3.94. The van der Waals surface area contributed by atoms with Crippen LogP contribution in [0.15, 0.2) is 43.9 Å². The normalized spacial score (nSPS) is 10.2. The maximum atomic E-state index is 12.2. The molecule has 0 saturated heterocycles. The third-order valence-electron chi connectivity index (χ3n) is 2.40. The molecular formula is C12H9Br3N4O. The van der Waals surface area contributed by atoms with Crippen molar-refractivity contribution in [2.45, 2.75) is 0 Å². The van der Waals surface area contributed by atoms with E-state index in [1.807, 2.05) is 12.1 Å². The number of nitrogen functional groups attached to an aromatic ring is 1. The summed E-state index contributed by atoms with van der Waals surface area (Å²) in [5.41, 5.74) is 3.98. The maximum Gasteiger partial charge on any atom is 0.274 e. The lowest BCUT2D eigenvalue weighted by atomic mass is 10.2. The molecule has 20 heavy (non-hydrogen) atoms. The second-order valence-electron chi connectivity index (χ2n) is 3.77. The molecule has 2 rings (SSSR count). The van der Waals surface area contributed by atoms with Crippen LogP contribution >= 0.6 is 47.8 Å². The molecule has 0 aliphatic heterocycles. The number of aromatic nitrogens is 1. The standard InChI is InChI=1S/C12H9Br3N4O/c13-6-3-8(14)11(9(15)4-6)18-12(20)10-5-7(19-16)1-2-17-10/h1-5H,16H2,(H,17,19)(H,18,20). The zero-order valence-corrected chi connectivity index (χ0v) is 14.7. The number of nitrogens with one attached hydrogen (secondary N) is 2.